The van der Waals surface area contributed by atoms with Gasteiger partial charge in [0.25, 0.3) is 0 Å². The molecule has 0 aliphatic heterocycles. The number of carbonyl (C=O) groups is 1. The third-order valence-electron chi connectivity index (χ3n) is 3.59. The highest BCUT2D eigenvalue weighted by atomic mass is 19.3. The second-order valence-electron chi connectivity index (χ2n) is 7.55. The normalized spacial score (nSPS) is 12.3. The summed E-state index contributed by atoms with van der Waals surface area (Å²) in [5.41, 5.74) is -0.431. The van der Waals surface area contributed by atoms with E-state index in [1.807, 2.05) is 20.8 Å². The van der Waals surface area contributed by atoms with E-state index in [-0.39, 0.29) is 23.5 Å². The monoisotopic (exact) mass is 367 g/mol. The largest absolute Gasteiger partial charge is 0.435 e. The van der Waals surface area contributed by atoms with Crippen molar-refractivity contribution in [2.24, 2.45) is 0 Å². The molecule has 6 nitrogen and oxygen atoms in total. The molecule has 142 valence electrons. The Hall–Kier alpha value is -2.51. The Balaban J connectivity index is 2.00. The van der Waals surface area contributed by atoms with Crippen LogP contribution in [0.1, 0.15) is 51.9 Å². The van der Waals surface area contributed by atoms with Crippen molar-refractivity contribution in [1.29, 1.82) is 0 Å². The van der Waals surface area contributed by atoms with Gasteiger partial charge in [-0.25, -0.2) is 0 Å². The van der Waals surface area contributed by atoms with Gasteiger partial charge in [-0.15, -0.1) is 0 Å². The third-order valence-corrected chi connectivity index (χ3v) is 3.59. The number of alkyl halides is 2. The first kappa shape index (κ1) is 19.8. The molecule has 0 saturated carbocycles. The van der Waals surface area contributed by atoms with Crippen molar-refractivity contribution in [3.63, 3.8) is 0 Å². The molecular formula is C18H23F2N3O3. The van der Waals surface area contributed by atoms with Crippen LogP contribution in [0.3, 0.4) is 0 Å². The number of amides is 1. The van der Waals surface area contributed by atoms with E-state index in [1.165, 1.54) is 12.1 Å². The highest BCUT2D eigenvalue weighted by molar-refractivity contribution is 5.79. The molecular weight excluding hydrogens is 344 g/mol. The number of hydrogen-bond donors (Lipinski definition) is 1. The van der Waals surface area contributed by atoms with Crippen LogP contribution in [0, 0.1) is 0 Å². The molecule has 0 aliphatic rings. The fourth-order valence-corrected chi connectivity index (χ4v) is 2.20. The quantitative estimate of drug-likeness (QED) is 0.845. The van der Waals surface area contributed by atoms with Crippen molar-refractivity contribution in [2.75, 3.05) is 0 Å². The summed E-state index contributed by atoms with van der Waals surface area (Å²) in [6.45, 7) is 6.55. The SMILES string of the molecule is CC(C)(C)c1nc(C(C)(C)NC(=O)Cc2ccc(OC(F)F)cc2)no1. The lowest BCUT2D eigenvalue weighted by Crippen LogP contribution is -2.42. The number of nitrogens with zero attached hydrogens (tertiary/aromatic N) is 2. The van der Waals surface area contributed by atoms with Gasteiger partial charge in [0.05, 0.1) is 12.0 Å². The van der Waals surface area contributed by atoms with Crippen LogP contribution < -0.4 is 10.1 Å². The molecule has 0 radical (unpaired) electrons. The predicted molar refractivity (Wildman–Crippen MR) is 90.9 cm³/mol. The van der Waals surface area contributed by atoms with Gasteiger partial charge in [-0.05, 0) is 31.5 Å². The standard InChI is InChI=1S/C18H23F2N3O3/c1-17(2,3)15-21-14(23-26-15)18(4,5)22-13(24)10-11-6-8-12(9-7-11)25-16(19)20/h6-9,16H,10H2,1-5H3,(H,22,24). The molecule has 1 N–H and O–H groups in total. The smallest absolute Gasteiger partial charge is 0.387 e. The molecule has 0 saturated heterocycles. The molecule has 1 amide bonds. The number of benzene rings is 1. The summed E-state index contributed by atoms with van der Waals surface area (Å²) in [5, 5.41) is 6.82. The van der Waals surface area contributed by atoms with Gasteiger partial charge in [-0.2, -0.15) is 13.8 Å². The molecule has 1 aromatic carbocycles. The van der Waals surface area contributed by atoms with Crippen LogP contribution in [-0.2, 0) is 22.2 Å². The second-order valence-corrected chi connectivity index (χ2v) is 7.55. The Bertz CT molecular complexity index is 750. The predicted octanol–water partition coefficient (Wildman–Crippen LogP) is 3.56. The van der Waals surface area contributed by atoms with Gasteiger partial charge in [0.2, 0.25) is 11.8 Å². The van der Waals surface area contributed by atoms with Crippen LogP contribution in [0.4, 0.5) is 8.78 Å². The van der Waals surface area contributed by atoms with E-state index in [0.717, 1.165) is 0 Å². The van der Waals surface area contributed by atoms with Crippen molar-refractivity contribution in [3.05, 3.63) is 41.5 Å². The van der Waals surface area contributed by atoms with Gasteiger partial charge >= 0.3 is 6.61 Å². The van der Waals surface area contributed by atoms with E-state index in [1.54, 1.807) is 26.0 Å². The molecule has 1 heterocycles. The zero-order valence-electron chi connectivity index (χ0n) is 15.5. The van der Waals surface area contributed by atoms with Crippen LogP contribution in [0.25, 0.3) is 0 Å². The van der Waals surface area contributed by atoms with Crippen molar-refractivity contribution in [2.45, 2.75) is 58.6 Å². The van der Waals surface area contributed by atoms with Crippen molar-refractivity contribution < 1.29 is 22.8 Å². The fraction of sp³-hybridized carbons (Fsp3) is 0.500. The van der Waals surface area contributed by atoms with Crippen molar-refractivity contribution in [3.8, 4) is 5.75 Å². The maximum Gasteiger partial charge on any atom is 0.387 e. The van der Waals surface area contributed by atoms with Gasteiger partial charge < -0.3 is 14.6 Å². The number of hydrogen-bond acceptors (Lipinski definition) is 5. The summed E-state index contributed by atoms with van der Waals surface area (Å²) in [4.78, 5) is 16.7. The minimum absolute atomic E-state index is 0.0472. The van der Waals surface area contributed by atoms with Crippen molar-refractivity contribution >= 4 is 5.91 Å². The summed E-state index contributed by atoms with van der Waals surface area (Å²) >= 11 is 0. The first-order valence-corrected chi connectivity index (χ1v) is 8.17. The molecule has 8 heteroatoms. The van der Waals surface area contributed by atoms with Crippen LogP contribution in [0.2, 0.25) is 0 Å². The van der Waals surface area contributed by atoms with E-state index in [9.17, 15) is 13.6 Å². The van der Waals surface area contributed by atoms with Gasteiger partial charge in [0.1, 0.15) is 5.75 Å². The summed E-state index contributed by atoms with van der Waals surface area (Å²) in [6.07, 6.45) is 0.0857. The lowest BCUT2D eigenvalue weighted by Gasteiger charge is -2.22. The molecule has 0 fully saturated rings. The average molecular weight is 367 g/mol. The van der Waals surface area contributed by atoms with Gasteiger partial charge in [0, 0.05) is 5.41 Å². The lowest BCUT2D eigenvalue weighted by molar-refractivity contribution is -0.122. The Morgan fingerprint density at radius 3 is 2.31 bits per heavy atom. The molecule has 0 atom stereocenters. The topological polar surface area (TPSA) is 77.2 Å². The number of aromatic nitrogens is 2. The summed E-state index contributed by atoms with van der Waals surface area (Å²) in [7, 11) is 0. The Labute approximate surface area is 150 Å². The maximum atomic E-state index is 12.3. The summed E-state index contributed by atoms with van der Waals surface area (Å²) in [5.74, 6) is 0.673. The minimum atomic E-state index is -2.88. The van der Waals surface area contributed by atoms with Crippen molar-refractivity contribution in [1.82, 2.24) is 15.5 Å². The van der Waals surface area contributed by atoms with E-state index in [2.05, 4.69) is 20.2 Å². The van der Waals surface area contributed by atoms with Gasteiger partial charge in [-0.3, -0.25) is 4.79 Å². The molecule has 0 aliphatic carbocycles. The fourth-order valence-electron chi connectivity index (χ4n) is 2.20. The van der Waals surface area contributed by atoms with E-state index >= 15 is 0 Å². The zero-order valence-corrected chi connectivity index (χ0v) is 15.5. The molecule has 0 unspecified atom stereocenters. The molecule has 2 aromatic rings. The molecule has 0 bridgehead atoms. The highest BCUT2D eigenvalue weighted by Crippen LogP contribution is 2.24. The van der Waals surface area contributed by atoms with Crippen LogP contribution >= 0.6 is 0 Å². The average Bonchev–Trinajstić information content (AvgIpc) is 2.99. The number of halogens is 2. The maximum absolute atomic E-state index is 12.3. The summed E-state index contributed by atoms with van der Waals surface area (Å²) < 4.78 is 33.8. The number of carbonyl (C=O) groups excluding carboxylic acids is 1. The Morgan fingerprint density at radius 2 is 1.81 bits per heavy atom. The number of nitrogens with one attached hydrogen (secondary N) is 1. The van der Waals surface area contributed by atoms with E-state index in [4.69, 9.17) is 4.52 Å². The molecule has 26 heavy (non-hydrogen) atoms. The van der Waals surface area contributed by atoms with Gasteiger partial charge in [0.15, 0.2) is 5.82 Å². The second kappa shape index (κ2) is 7.39. The molecule has 2 rings (SSSR count). The lowest BCUT2D eigenvalue weighted by atomic mass is 9.97. The number of ether oxygens (including phenoxy) is 1. The van der Waals surface area contributed by atoms with Crippen LogP contribution in [0.15, 0.2) is 28.8 Å². The van der Waals surface area contributed by atoms with Gasteiger partial charge in [-0.1, -0.05) is 38.1 Å². The third kappa shape index (κ3) is 5.24. The Morgan fingerprint density at radius 1 is 1.19 bits per heavy atom. The van der Waals surface area contributed by atoms with Crippen LogP contribution in [-0.4, -0.2) is 22.7 Å². The highest BCUT2D eigenvalue weighted by Gasteiger charge is 2.31. The van der Waals surface area contributed by atoms with E-state index < -0.39 is 12.2 Å². The summed E-state index contributed by atoms with van der Waals surface area (Å²) in [6, 6.07) is 5.93. The molecule has 1 aromatic heterocycles. The Kier molecular flexibility index (Phi) is 5.63. The first-order chi connectivity index (χ1) is 12.0. The minimum Gasteiger partial charge on any atom is -0.435 e. The van der Waals surface area contributed by atoms with E-state index in [0.29, 0.717) is 17.3 Å². The number of rotatable bonds is 6. The van der Waals surface area contributed by atoms with Crippen LogP contribution in [0.5, 0.6) is 5.75 Å². The first-order valence-electron chi connectivity index (χ1n) is 8.17. The zero-order chi connectivity index (χ0) is 19.5. The molecule has 0 spiro atoms.